The van der Waals surface area contributed by atoms with Gasteiger partial charge >= 0.3 is 0 Å². The molecule has 0 bridgehead atoms. The number of aromatic nitrogens is 2. The van der Waals surface area contributed by atoms with Crippen molar-refractivity contribution >= 4 is 0 Å². The van der Waals surface area contributed by atoms with Crippen molar-refractivity contribution in [2.45, 2.75) is 12.2 Å². The van der Waals surface area contributed by atoms with E-state index in [1.807, 2.05) is 0 Å². The molecule has 10 heteroatoms. The predicted octanol–water partition coefficient (Wildman–Crippen LogP) is 1.68. The summed E-state index contributed by atoms with van der Waals surface area (Å²) < 4.78 is 0. The fourth-order valence-electron chi connectivity index (χ4n) is 1.87. The maximum absolute atomic E-state index is 10.7. The van der Waals surface area contributed by atoms with Crippen LogP contribution in [0.3, 0.4) is 0 Å². The van der Waals surface area contributed by atoms with Gasteiger partial charge < -0.3 is 9.68 Å². The highest BCUT2D eigenvalue weighted by Gasteiger charge is 2.31. The highest BCUT2D eigenvalue weighted by Crippen LogP contribution is 2.34. The van der Waals surface area contributed by atoms with E-state index in [9.17, 15) is 20.2 Å². The number of pyridine rings is 2. The molecule has 0 amide bonds. The first-order valence-electron chi connectivity index (χ1n) is 6.00. The molecular formula is C12H10N4O6. The highest BCUT2D eigenvalue weighted by atomic mass is 17.0. The van der Waals surface area contributed by atoms with Crippen LogP contribution in [0.5, 0.6) is 0 Å². The van der Waals surface area contributed by atoms with Crippen LogP contribution in [0.2, 0.25) is 0 Å². The van der Waals surface area contributed by atoms with E-state index in [1.165, 1.54) is 49.1 Å². The van der Waals surface area contributed by atoms with Gasteiger partial charge in [-0.1, -0.05) is 0 Å². The fourth-order valence-corrected chi connectivity index (χ4v) is 1.87. The molecule has 0 aliphatic carbocycles. The van der Waals surface area contributed by atoms with E-state index >= 15 is 0 Å². The van der Waals surface area contributed by atoms with Gasteiger partial charge in [-0.3, -0.25) is 9.97 Å². The minimum Gasteiger partial charge on any atom is -0.303 e. The van der Waals surface area contributed by atoms with Crippen LogP contribution in [0.1, 0.15) is 23.3 Å². The number of hydrogen-bond acceptors (Lipinski definition) is 8. The molecule has 2 rings (SSSR count). The van der Waals surface area contributed by atoms with Gasteiger partial charge in [0.15, 0.2) is 12.2 Å². The second kappa shape index (κ2) is 6.92. The molecule has 0 radical (unpaired) electrons. The zero-order valence-corrected chi connectivity index (χ0v) is 11.0. The molecule has 2 atom stereocenters. The van der Waals surface area contributed by atoms with Crippen LogP contribution in [0.4, 0.5) is 0 Å². The largest absolute Gasteiger partial charge is 0.303 e. The lowest BCUT2D eigenvalue weighted by molar-refractivity contribution is -0.803. The van der Waals surface area contributed by atoms with Crippen molar-refractivity contribution in [2.75, 3.05) is 0 Å². The molecule has 2 aromatic rings. The van der Waals surface area contributed by atoms with Crippen molar-refractivity contribution in [1.29, 1.82) is 0 Å². The Morgan fingerprint density at radius 2 is 1.09 bits per heavy atom. The zero-order chi connectivity index (χ0) is 15.9. The van der Waals surface area contributed by atoms with Gasteiger partial charge in [0.1, 0.15) is 0 Å². The Balaban J connectivity index is 2.43. The van der Waals surface area contributed by atoms with Crippen LogP contribution in [-0.4, -0.2) is 20.1 Å². The van der Waals surface area contributed by atoms with Gasteiger partial charge in [0, 0.05) is 24.8 Å². The number of hydrogen-bond donors (Lipinski definition) is 0. The standard InChI is InChI=1S/C12H10N4O6/c17-15(18)21-11(9-1-5-13-6-2-9)12(22-16(19)20)10-3-7-14-8-4-10/h1-8,11-12H/t11-,12-/m1/s1. The van der Waals surface area contributed by atoms with Crippen LogP contribution < -0.4 is 0 Å². The smallest absolute Gasteiger partial charge is 0.295 e. The van der Waals surface area contributed by atoms with E-state index in [0.29, 0.717) is 11.1 Å². The molecule has 0 unspecified atom stereocenters. The van der Waals surface area contributed by atoms with Crippen molar-refractivity contribution in [3.8, 4) is 0 Å². The van der Waals surface area contributed by atoms with Crippen molar-refractivity contribution < 1.29 is 19.8 Å². The molecule has 0 N–H and O–H groups in total. The Morgan fingerprint density at radius 1 is 0.773 bits per heavy atom. The zero-order valence-electron chi connectivity index (χ0n) is 11.0. The Labute approximate surface area is 123 Å². The summed E-state index contributed by atoms with van der Waals surface area (Å²) in [6.45, 7) is 0. The SMILES string of the molecule is O=[N+]([O-])O[C@H](c1ccncc1)[C@H](O[N+](=O)[O-])c1ccncc1. The van der Waals surface area contributed by atoms with E-state index in [-0.39, 0.29) is 0 Å². The van der Waals surface area contributed by atoms with Crippen molar-refractivity contribution in [3.05, 3.63) is 80.4 Å². The number of nitrogens with zero attached hydrogens (tertiary/aromatic N) is 4. The minimum atomic E-state index is -1.33. The van der Waals surface area contributed by atoms with Crippen molar-refractivity contribution in [1.82, 2.24) is 9.97 Å². The average molecular weight is 306 g/mol. The van der Waals surface area contributed by atoms with Gasteiger partial charge in [-0.25, -0.2) is 0 Å². The van der Waals surface area contributed by atoms with Gasteiger partial charge in [0.2, 0.25) is 0 Å². The monoisotopic (exact) mass is 306 g/mol. The predicted molar refractivity (Wildman–Crippen MR) is 70.1 cm³/mol. The summed E-state index contributed by atoms with van der Waals surface area (Å²) in [6, 6.07) is 5.80. The topological polar surface area (TPSA) is 131 Å². The van der Waals surface area contributed by atoms with E-state index in [1.54, 1.807) is 0 Å². The molecule has 0 aromatic carbocycles. The molecule has 22 heavy (non-hydrogen) atoms. The van der Waals surface area contributed by atoms with Crippen molar-refractivity contribution in [3.63, 3.8) is 0 Å². The summed E-state index contributed by atoms with van der Waals surface area (Å²) in [7, 11) is 0. The first kappa shape index (κ1) is 15.1. The van der Waals surface area contributed by atoms with Crippen LogP contribution in [0, 0.1) is 20.2 Å². The van der Waals surface area contributed by atoms with Gasteiger partial charge in [-0.2, -0.15) is 0 Å². The van der Waals surface area contributed by atoms with Gasteiger partial charge in [-0.15, -0.1) is 20.2 Å². The van der Waals surface area contributed by atoms with Crippen LogP contribution in [-0.2, 0) is 9.68 Å². The minimum absolute atomic E-state index is 0.315. The summed E-state index contributed by atoms with van der Waals surface area (Å²) >= 11 is 0. The molecule has 114 valence electrons. The molecule has 0 aliphatic heterocycles. The van der Waals surface area contributed by atoms with E-state index in [4.69, 9.17) is 0 Å². The maximum Gasteiger partial charge on any atom is 0.295 e. The Kier molecular flexibility index (Phi) is 4.75. The van der Waals surface area contributed by atoms with E-state index in [2.05, 4.69) is 19.6 Å². The van der Waals surface area contributed by atoms with Gasteiger partial charge in [-0.05, 0) is 35.4 Å². The fraction of sp³-hybridized carbons (Fsp3) is 0.167. The first-order valence-corrected chi connectivity index (χ1v) is 6.00. The summed E-state index contributed by atoms with van der Waals surface area (Å²) in [6.07, 6.45) is 2.91. The highest BCUT2D eigenvalue weighted by molar-refractivity contribution is 5.22. The van der Waals surface area contributed by atoms with Gasteiger partial charge in [0.25, 0.3) is 10.2 Å². The van der Waals surface area contributed by atoms with Crippen LogP contribution >= 0.6 is 0 Å². The molecule has 0 saturated carbocycles. The molecule has 0 fully saturated rings. The third-order valence-corrected chi connectivity index (χ3v) is 2.74. The van der Waals surface area contributed by atoms with E-state index < -0.39 is 22.4 Å². The molecular weight excluding hydrogens is 296 g/mol. The van der Waals surface area contributed by atoms with Crippen molar-refractivity contribution in [2.24, 2.45) is 0 Å². The molecule has 0 spiro atoms. The van der Waals surface area contributed by atoms with Crippen LogP contribution in [0.25, 0.3) is 0 Å². The molecule has 10 nitrogen and oxygen atoms in total. The summed E-state index contributed by atoms with van der Waals surface area (Å²) in [5.74, 6) is 0. The Hall–Kier alpha value is -3.30. The summed E-state index contributed by atoms with van der Waals surface area (Å²) in [5.41, 5.74) is 0.630. The summed E-state index contributed by atoms with van der Waals surface area (Å²) in [5, 5.41) is 19.4. The third kappa shape index (κ3) is 3.85. The molecule has 0 saturated heterocycles. The Bertz CT molecular complexity index is 581. The maximum atomic E-state index is 10.7. The lowest BCUT2D eigenvalue weighted by Gasteiger charge is -2.24. The second-order valence-electron chi connectivity index (χ2n) is 4.06. The Morgan fingerprint density at radius 3 is 1.36 bits per heavy atom. The molecule has 0 aliphatic rings. The second-order valence-corrected chi connectivity index (χ2v) is 4.06. The van der Waals surface area contributed by atoms with Crippen LogP contribution in [0.15, 0.2) is 49.1 Å². The van der Waals surface area contributed by atoms with Gasteiger partial charge in [0.05, 0.1) is 0 Å². The number of rotatable bonds is 7. The molecule has 2 aromatic heterocycles. The molecule has 2 heterocycles. The van der Waals surface area contributed by atoms with E-state index in [0.717, 1.165) is 0 Å². The first-order chi connectivity index (χ1) is 10.6. The lowest BCUT2D eigenvalue weighted by Crippen LogP contribution is -2.22. The normalized spacial score (nSPS) is 12.9. The summed E-state index contributed by atoms with van der Waals surface area (Å²) in [4.78, 5) is 38.2. The lowest BCUT2D eigenvalue weighted by atomic mass is 10.00. The third-order valence-electron chi connectivity index (χ3n) is 2.74. The quantitative estimate of drug-likeness (QED) is 0.557. The average Bonchev–Trinajstić information content (AvgIpc) is 2.52.